The molecule has 3 atom stereocenters. The Labute approximate surface area is 181 Å². The van der Waals surface area contributed by atoms with E-state index in [1.54, 1.807) is 0 Å². The van der Waals surface area contributed by atoms with Gasteiger partial charge in [0.2, 0.25) is 0 Å². The Kier molecular flexibility index (Phi) is 8.58. The topological polar surface area (TPSA) is 236 Å². The van der Waals surface area contributed by atoms with Gasteiger partial charge in [0.25, 0.3) is 0 Å². The van der Waals surface area contributed by atoms with Crippen molar-refractivity contribution >= 4 is 82.0 Å². The number of hydrogen-bond donors (Lipinski definition) is 3. The van der Waals surface area contributed by atoms with Gasteiger partial charge in [-0.05, 0) is 0 Å². The fourth-order valence-corrected chi connectivity index (χ4v) is 8.66. The summed E-state index contributed by atoms with van der Waals surface area (Å²) in [6.45, 7) is 0. The second-order valence-electron chi connectivity index (χ2n) is 5.50. The van der Waals surface area contributed by atoms with Crippen LogP contribution in [0.4, 0.5) is 0 Å². The van der Waals surface area contributed by atoms with Crippen molar-refractivity contribution in [3.8, 4) is 0 Å². The minimum atomic E-state index is -4.26. The van der Waals surface area contributed by atoms with E-state index in [9.17, 15) is 28.8 Å². The third-order valence-corrected chi connectivity index (χ3v) is 11.0. The molecule has 0 aliphatic carbocycles. The molecule has 2 saturated heterocycles. The zero-order valence-electron chi connectivity index (χ0n) is 14.4. The van der Waals surface area contributed by atoms with Gasteiger partial charge in [0.05, 0.1) is 0 Å². The van der Waals surface area contributed by atoms with Gasteiger partial charge in [0.15, 0.2) is 0 Å². The summed E-state index contributed by atoms with van der Waals surface area (Å²) in [6.07, 6.45) is -1.61. The second-order valence-corrected chi connectivity index (χ2v) is 13.2. The van der Waals surface area contributed by atoms with Crippen LogP contribution in [-0.2, 0) is 45.6 Å². The first-order chi connectivity index (χ1) is 13.5. The normalized spacial score (nSPS) is 24.8. The summed E-state index contributed by atoms with van der Waals surface area (Å²) in [6, 6.07) is -4.06. The van der Waals surface area contributed by atoms with Crippen molar-refractivity contribution in [2.24, 2.45) is 17.2 Å². The number of rotatable bonds is 5. The van der Waals surface area contributed by atoms with E-state index in [1.165, 1.54) is 0 Å². The van der Waals surface area contributed by atoms with Crippen LogP contribution in [0.3, 0.4) is 0 Å². The number of nitrogens with two attached hydrogens (primary N) is 3. The molecule has 0 aromatic heterocycles. The van der Waals surface area contributed by atoms with Crippen LogP contribution in [-0.4, -0.2) is 100 Å². The predicted octanol–water partition coefficient (Wildman–Crippen LogP) is -4.61. The van der Waals surface area contributed by atoms with Gasteiger partial charge in [0.1, 0.15) is 0 Å². The maximum atomic E-state index is 12.0. The third kappa shape index (κ3) is 7.34. The molecule has 2 heterocycles. The summed E-state index contributed by atoms with van der Waals surface area (Å²) in [5, 5.41) is 0. The van der Waals surface area contributed by atoms with Gasteiger partial charge in [-0.2, -0.15) is 0 Å². The molecule has 2 rings (SSSR count). The van der Waals surface area contributed by atoms with Gasteiger partial charge in [0, 0.05) is 0 Å². The first kappa shape index (κ1) is 23.7. The van der Waals surface area contributed by atoms with Crippen molar-refractivity contribution in [2.45, 2.75) is 37.4 Å². The van der Waals surface area contributed by atoms with Crippen LogP contribution >= 0.6 is 0 Å². The average molecular weight is 811 g/mol. The molecule has 0 spiro atoms. The molecule has 0 saturated carbocycles. The molecular weight excluding hydrogens is 796 g/mol. The van der Waals surface area contributed by atoms with Gasteiger partial charge in [-0.15, -0.1) is 0 Å². The van der Waals surface area contributed by atoms with Crippen molar-refractivity contribution in [3.63, 3.8) is 0 Å². The molecule has 2 fully saturated rings. The minimum absolute atomic E-state index is 0.427. The standard InChI is InChI=1S/3C4H7NO4.2Bi/c3*5-2(4(8)9)1-3(6)7;;/h3*2H,1,5H2,(H,6,7)(H,8,9);;/q;;;2*+3/p-6/t3*2-;;/m110../s1. The fraction of sp³-hybridized carbons (Fsp3) is 0.500. The van der Waals surface area contributed by atoms with Crippen LogP contribution < -0.4 is 17.2 Å². The summed E-state index contributed by atoms with van der Waals surface area (Å²) in [7, 11) is 0. The summed E-state index contributed by atoms with van der Waals surface area (Å²) < 4.78 is 28.6. The molecule has 6 N–H and O–H groups in total. The molecule has 160 valence electrons. The summed E-state index contributed by atoms with van der Waals surface area (Å²) in [4.78, 5) is 69.7. The molecule has 2 aliphatic rings. The molecule has 0 bridgehead atoms. The van der Waals surface area contributed by atoms with Gasteiger partial charge in [-0.3, -0.25) is 0 Å². The quantitative estimate of drug-likeness (QED) is 0.222. The van der Waals surface area contributed by atoms with E-state index in [4.69, 9.17) is 34.1 Å². The van der Waals surface area contributed by atoms with Gasteiger partial charge in [-0.1, -0.05) is 0 Å². The molecule has 0 radical (unpaired) electrons. The molecule has 2 aliphatic heterocycles. The SMILES string of the molecule is N[C@@H]1CC(=O)[O][Bi]([O]C(=O)C[C@H](N)C(=O)[O][Bi]2[O]C(=O)C[C@@H](N)C(=O)[O]2)[O]C1=O. The van der Waals surface area contributed by atoms with Crippen LogP contribution in [0.15, 0.2) is 0 Å². The molecule has 17 heteroatoms. The monoisotopic (exact) mass is 811 g/mol. The van der Waals surface area contributed by atoms with Crippen LogP contribution in [0.5, 0.6) is 0 Å². The van der Waals surface area contributed by atoms with Crippen LogP contribution in [0.1, 0.15) is 19.3 Å². The summed E-state index contributed by atoms with van der Waals surface area (Å²) in [5.41, 5.74) is 16.3. The number of carbonyl (C=O) groups excluding carboxylic acids is 6. The van der Waals surface area contributed by atoms with E-state index in [-0.39, 0.29) is 0 Å². The molecule has 0 aromatic rings. The molecule has 0 unspecified atom stereocenters. The van der Waals surface area contributed by atoms with E-state index in [1.807, 2.05) is 0 Å². The zero-order chi connectivity index (χ0) is 21.7. The van der Waals surface area contributed by atoms with Crippen molar-refractivity contribution in [1.29, 1.82) is 0 Å². The van der Waals surface area contributed by atoms with Crippen molar-refractivity contribution in [3.05, 3.63) is 0 Å². The first-order valence-electron chi connectivity index (χ1n) is 7.70. The van der Waals surface area contributed by atoms with Crippen molar-refractivity contribution in [2.75, 3.05) is 0 Å². The Morgan fingerprint density at radius 3 is 1.83 bits per heavy atom. The van der Waals surface area contributed by atoms with Crippen LogP contribution in [0.25, 0.3) is 0 Å². The van der Waals surface area contributed by atoms with Crippen molar-refractivity contribution < 1.29 is 45.6 Å². The molecular formula is C12H15Bi2N3O12. The Bertz CT molecular complexity index is 733. The van der Waals surface area contributed by atoms with Gasteiger partial charge in [-0.25, -0.2) is 0 Å². The predicted molar refractivity (Wildman–Crippen MR) is 85.8 cm³/mol. The van der Waals surface area contributed by atoms with Crippen LogP contribution in [0, 0.1) is 0 Å². The van der Waals surface area contributed by atoms with E-state index >= 15 is 0 Å². The average Bonchev–Trinajstić information content (AvgIpc) is 2.79. The van der Waals surface area contributed by atoms with Gasteiger partial charge >= 0.3 is 182 Å². The van der Waals surface area contributed by atoms with Crippen molar-refractivity contribution in [1.82, 2.24) is 0 Å². The molecule has 15 nitrogen and oxygen atoms in total. The Morgan fingerprint density at radius 2 is 1.34 bits per heavy atom. The van der Waals surface area contributed by atoms with E-state index in [2.05, 4.69) is 0 Å². The fourth-order valence-electron chi connectivity index (χ4n) is 1.69. The molecule has 29 heavy (non-hydrogen) atoms. The maximum absolute atomic E-state index is 12.0. The second kappa shape index (κ2) is 10.5. The Morgan fingerprint density at radius 1 is 0.897 bits per heavy atom. The first-order valence-corrected chi connectivity index (χ1v) is 16.2. The van der Waals surface area contributed by atoms with E-state index in [0.29, 0.717) is 0 Å². The number of hydrogen-bond acceptors (Lipinski definition) is 15. The van der Waals surface area contributed by atoms with E-state index < -0.39 is 119 Å². The Hall–Kier alpha value is -1.53. The van der Waals surface area contributed by atoms with Crippen LogP contribution in [0.2, 0.25) is 0 Å². The molecule has 0 aromatic carbocycles. The zero-order valence-corrected chi connectivity index (χ0v) is 21.3. The third-order valence-electron chi connectivity index (χ3n) is 3.09. The molecule has 0 amide bonds. The Balaban J connectivity index is 1.86. The number of carbonyl (C=O) groups is 6. The summed E-state index contributed by atoms with van der Waals surface area (Å²) >= 11 is -8.49. The van der Waals surface area contributed by atoms with E-state index in [0.717, 1.165) is 0 Å². The van der Waals surface area contributed by atoms with Gasteiger partial charge < -0.3 is 0 Å². The summed E-state index contributed by atoms with van der Waals surface area (Å²) in [5.74, 6) is -5.93.